The van der Waals surface area contributed by atoms with Gasteiger partial charge in [0.25, 0.3) is 11.5 Å². The van der Waals surface area contributed by atoms with Crippen LogP contribution in [-0.2, 0) is 7.05 Å². The van der Waals surface area contributed by atoms with E-state index in [2.05, 4.69) is 10.2 Å². The van der Waals surface area contributed by atoms with Crippen LogP contribution in [0.15, 0.2) is 23.1 Å². The Morgan fingerprint density at radius 1 is 1.28 bits per heavy atom. The monoisotopic (exact) mass is 347 g/mol. The molecule has 1 saturated carbocycles. The Bertz CT molecular complexity index is 656. The second-order valence-electron chi connectivity index (χ2n) is 7.67. The minimum Gasteiger partial charge on any atom is -0.389 e. The zero-order valence-corrected chi connectivity index (χ0v) is 15.0. The van der Waals surface area contributed by atoms with Crippen LogP contribution in [0.5, 0.6) is 0 Å². The maximum atomic E-state index is 12.3. The summed E-state index contributed by atoms with van der Waals surface area (Å²) in [6, 6.07) is 3.18. The van der Waals surface area contributed by atoms with Gasteiger partial charge in [0.2, 0.25) is 0 Å². The quantitative estimate of drug-likeness (QED) is 0.860. The molecular weight excluding hydrogens is 318 g/mol. The Labute approximate surface area is 148 Å². The first-order valence-electron chi connectivity index (χ1n) is 9.37. The highest BCUT2D eigenvalue weighted by Gasteiger charge is 2.32. The van der Waals surface area contributed by atoms with Crippen LogP contribution < -0.4 is 10.9 Å². The summed E-state index contributed by atoms with van der Waals surface area (Å²) >= 11 is 0. The third kappa shape index (κ3) is 4.70. The average Bonchev–Trinajstić information content (AvgIpc) is 2.59. The highest BCUT2D eigenvalue weighted by molar-refractivity contribution is 5.94. The maximum absolute atomic E-state index is 12.3. The molecule has 1 amide bonds. The number of aliphatic hydroxyl groups is 1. The molecule has 6 nitrogen and oxygen atoms in total. The fraction of sp³-hybridized carbons (Fsp3) is 0.684. The van der Waals surface area contributed by atoms with Crippen molar-refractivity contribution in [3.05, 3.63) is 34.2 Å². The molecule has 2 aliphatic rings. The summed E-state index contributed by atoms with van der Waals surface area (Å²) in [5.74, 6) is -0.179. The number of pyridine rings is 1. The molecule has 0 atom stereocenters. The number of aromatic nitrogens is 1. The van der Waals surface area contributed by atoms with Crippen molar-refractivity contribution in [3.8, 4) is 0 Å². The molecule has 0 radical (unpaired) electrons. The number of nitrogens with one attached hydrogen (secondary N) is 1. The first-order chi connectivity index (χ1) is 12.0. The number of amides is 1. The van der Waals surface area contributed by atoms with E-state index in [0.717, 1.165) is 58.2 Å². The molecule has 1 saturated heterocycles. The van der Waals surface area contributed by atoms with Gasteiger partial charge in [-0.1, -0.05) is 19.3 Å². The predicted octanol–water partition coefficient (Wildman–Crippen LogP) is 1.27. The molecule has 0 unspecified atom stereocenters. The second kappa shape index (κ2) is 7.70. The summed E-state index contributed by atoms with van der Waals surface area (Å²) in [6.07, 6.45) is 8.68. The molecule has 6 heteroatoms. The first-order valence-corrected chi connectivity index (χ1v) is 9.37. The Kier molecular flexibility index (Phi) is 5.59. The molecule has 2 fully saturated rings. The smallest absolute Gasteiger partial charge is 0.251 e. The van der Waals surface area contributed by atoms with Gasteiger partial charge in [-0.3, -0.25) is 9.59 Å². The summed E-state index contributed by atoms with van der Waals surface area (Å²) in [7, 11) is 1.67. The molecule has 138 valence electrons. The molecule has 2 N–H and O–H groups in total. The lowest BCUT2D eigenvalue weighted by molar-refractivity contribution is -0.0312. The third-order valence-corrected chi connectivity index (χ3v) is 5.59. The van der Waals surface area contributed by atoms with Gasteiger partial charge in [-0.25, -0.2) is 0 Å². The number of carbonyl (C=O) groups is 1. The van der Waals surface area contributed by atoms with E-state index in [-0.39, 0.29) is 17.5 Å². The van der Waals surface area contributed by atoms with E-state index in [1.807, 2.05) is 0 Å². The largest absolute Gasteiger partial charge is 0.389 e. The molecule has 1 aliphatic heterocycles. The van der Waals surface area contributed by atoms with Crippen molar-refractivity contribution in [1.82, 2.24) is 14.8 Å². The van der Waals surface area contributed by atoms with Crippen molar-refractivity contribution in [2.75, 3.05) is 19.6 Å². The summed E-state index contributed by atoms with van der Waals surface area (Å²) < 4.78 is 1.45. The molecule has 0 aromatic carbocycles. The van der Waals surface area contributed by atoms with Gasteiger partial charge in [-0.2, -0.15) is 0 Å². The number of piperidine rings is 1. The number of hydrogen-bond donors (Lipinski definition) is 2. The van der Waals surface area contributed by atoms with Gasteiger partial charge >= 0.3 is 0 Å². The first kappa shape index (κ1) is 18.1. The van der Waals surface area contributed by atoms with Crippen LogP contribution in [0, 0.1) is 0 Å². The molecule has 2 heterocycles. The van der Waals surface area contributed by atoms with E-state index < -0.39 is 5.60 Å². The molecule has 0 bridgehead atoms. The van der Waals surface area contributed by atoms with Crippen LogP contribution in [0.4, 0.5) is 0 Å². The van der Waals surface area contributed by atoms with Gasteiger partial charge < -0.3 is 19.9 Å². The summed E-state index contributed by atoms with van der Waals surface area (Å²) in [5, 5.41) is 13.7. The number of hydrogen-bond acceptors (Lipinski definition) is 4. The van der Waals surface area contributed by atoms with Gasteiger partial charge in [0.15, 0.2) is 0 Å². The second-order valence-corrected chi connectivity index (χ2v) is 7.67. The SMILES string of the molecule is Cn1ccc(C(=O)NC2CCN(CC3(O)CCCCC3)CC2)cc1=O. The molecule has 1 aromatic rings. The van der Waals surface area contributed by atoms with Crippen LogP contribution in [0.1, 0.15) is 55.3 Å². The van der Waals surface area contributed by atoms with Crippen LogP contribution in [0.25, 0.3) is 0 Å². The van der Waals surface area contributed by atoms with Crippen molar-refractivity contribution in [1.29, 1.82) is 0 Å². The normalized spacial score (nSPS) is 21.8. The number of carbonyl (C=O) groups excluding carboxylic acids is 1. The number of likely N-dealkylation sites (tertiary alicyclic amines) is 1. The van der Waals surface area contributed by atoms with Gasteiger partial charge in [0.05, 0.1) is 5.60 Å². The fourth-order valence-corrected chi connectivity index (χ4v) is 3.98. The topological polar surface area (TPSA) is 74.6 Å². The Hall–Kier alpha value is -1.66. The van der Waals surface area contributed by atoms with Crippen molar-refractivity contribution in [2.45, 2.75) is 56.6 Å². The number of β-amino-alcohol motifs (C(OH)–C–C–N with tert-alkyl or cyclic N) is 1. The zero-order chi connectivity index (χ0) is 17.9. The van der Waals surface area contributed by atoms with Crippen LogP contribution in [0.2, 0.25) is 0 Å². The highest BCUT2D eigenvalue weighted by Crippen LogP contribution is 2.29. The minimum absolute atomic E-state index is 0.133. The lowest BCUT2D eigenvalue weighted by Crippen LogP contribution is -2.50. The summed E-state index contributed by atoms with van der Waals surface area (Å²) in [4.78, 5) is 26.3. The van der Waals surface area contributed by atoms with Gasteiger partial charge in [0.1, 0.15) is 0 Å². The Morgan fingerprint density at radius 2 is 1.96 bits per heavy atom. The van der Waals surface area contributed by atoms with E-state index in [1.165, 1.54) is 17.1 Å². The lowest BCUT2D eigenvalue weighted by Gasteiger charge is -2.40. The van der Waals surface area contributed by atoms with E-state index in [4.69, 9.17) is 0 Å². The molecule has 3 rings (SSSR count). The standard InChI is InChI=1S/C19H29N3O3/c1-21-10-5-15(13-17(21)23)18(24)20-16-6-11-22(12-7-16)14-19(25)8-3-2-4-9-19/h5,10,13,16,25H,2-4,6-9,11-12,14H2,1H3,(H,20,24). The van der Waals surface area contributed by atoms with Gasteiger partial charge in [-0.15, -0.1) is 0 Å². The molecule has 1 aromatic heterocycles. The summed E-state index contributed by atoms with van der Waals surface area (Å²) in [6.45, 7) is 2.54. The van der Waals surface area contributed by atoms with E-state index >= 15 is 0 Å². The lowest BCUT2D eigenvalue weighted by atomic mass is 9.84. The number of aryl methyl sites for hydroxylation is 1. The molecular formula is C19H29N3O3. The van der Waals surface area contributed by atoms with E-state index in [0.29, 0.717) is 5.56 Å². The highest BCUT2D eigenvalue weighted by atomic mass is 16.3. The Balaban J connectivity index is 1.48. The number of nitrogens with zero attached hydrogens (tertiary/aromatic N) is 2. The maximum Gasteiger partial charge on any atom is 0.251 e. The van der Waals surface area contributed by atoms with Crippen molar-refractivity contribution in [2.24, 2.45) is 7.05 Å². The zero-order valence-electron chi connectivity index (χ0n) is 15.0. The van der Waals surface area contributed by atoms with E-state index in [9.17, 15) is 14.7 Å². The number of rotatable bonds is 4. The molecule has 0 spiro atoms. The Morgan fingerprint density at radius 3 is 2.60 bits per heavy atom. The molecule has 1 aliphatic carbocycles. The molecule has 25 heavy (non-hydrogen) atoms. The van der Waals surface area contributed by atoms with E-state index in [1.54, 1.807) is 19.3 Å². The third-order valence-electron chi connectivity index (χ3n) is 5.59. The fourth-order valence-electron chi connectivity index (χ4n) is 3.98. The minimum atomic E-state index is -0.515. The van der Waals surface area contributed by atoms with Gasteiger partial charge in [-0.05, 0) is 31.7 Å². The predicted molar refractivity (Wildman–Crippen MR) is 96.6 cm³/mol. The average molecular weight is 347 g/mol. The van der Waals surface area contributed by atoms with Crippen molar-refractivity contribution in [3.63, 3.8) is 0 Å². The van der Waals surface area contributed by atoms with Crippen molar-refractivity contribution >= 4 is 5.91 Å². The van der Waals surface area contributed by atoms with Crippen LogP contribution in [0.3, 0.4) is 0 Å². The van der Waals surface area contributed by atoms with Crippen molar-refractivity contribution < 1.29 is 9.90 Å². The van der Waals surface area contributed by atoms with Gasteiger partial charge in [0, 0.05) is 50.6 Å². The van der Waals surface area contributed by atoms with Crippen LogP contribution in [-0.4, -0.2) is 51.8 Å². The van der Waals surface area contributed by atoms with Crippen LogP contribution >= 0.6 is 0 Å². The summed E-state index contributed by atoms with van der Waals surface area (Å²) in [5.41, 5.74) is -0.274.